The molecule has 1 saturated heterocycles. The minimum atomic E-state index is -1.41. The highest BCUT2D eigenvalue weighted by Crippen LogP contribution is 2.30. The van der Waals surface area contributed by atoms with E-state index in [0.29, 0.717) is 6.54 Å². The van der Waals surface area contributed by atoms with Gasteiger partial charge in [0.2, 0.25) is 5.95 Å². The number of aromatic amines is 1. The molecule has 0 spiro atoms. The largest absolute Gasteiger partial charge is 0.394 e. The van der Waals surface area contributed by atoms with Crippen molar-refractivity contribution >= 4 is 17.0 Å². The molecule has 2 aromatic rings. The van der Waals surface area contributed by atoms with Gasteiger partial charge in [-0.1, -0.05) is 90.4 Å². The number of aromatic nitrogens is 4. The van der Waals surface area contributed by atoms with E-state index in [-0.39, 0.29) is 17.0 Å². The van der Waals surface area contributed by atoms with Crippen LogP contribution in [-0.2, 0) is 4.74 Å². The molecule has 11 nitrogen and oxygen atoms in total. The van der Waals surface area contributed by atoms with Crippen LogP contribution in [0.1, 0.15) is 103 Å². The number of hydrogen-bond donors (Lipinski definition) is 5. The van der Waals surface area contributed by atoms with E-state index in [0.717, 1.165) is 19.3 Å². The maximum atomic E-state index is 12.9. The molecule has 0 saturated carbocycles. The van der Waals surface area contributed by atoms with E-state index in [4.69, 9.17) is 4.74 Å². The topological polar surface area (TPSA) is 163 Å². The van der Waals surface area contributed by atoms with E-state index in [1.54, 1.807) is 0 Å². The first-order chi connectivity index (χ1) is 18.5. The molecule has 0 radical (unpaired) electrons. The van der Waals surface area contributed by atoms with Gasteiger partial charge in [0, 0.05) is 6.54 Å². The molecule has 1 aliphatic rings. The quantitative estimate of drug-likeness (QED) is 0.181. The molecule has 0 amide bonds. The summed E-state index contributed by atoms with van der Waals surface area (Å²) in [5, 5.41) is 32.7. The number of hydrogen-bond acceptors (Lipinski definition) is 9. The van der Waals surface area contributed by atoms with Crippen LogP contribution >= 0.6 is 0 Å². The standard InChI is InChI=1S/C27H45N5O6/c1-2-3-4-5-6-7-8-9-10-11-12-13-14-15-16-28-27-30-24(36)20-21(25(37)31-27)32(18-29-20)26-23(35)22(34)19(17-33)38-26/h18-19,22-23,26,33-35H,2-17H2,1H3,(H2,28,30,31,36,37)/t19-,22-,23-,26-/m1/s1. The number of ether oxygens (including phenoxy) is 1. The summed E-state index contributed by atoms with van der Waals surface area (Å²) in [4.78, 5) is 36.1. The third-order valence-electron chi connectivity index (χ3n) is 7.27. The van der Waals surface area contributed by atoms with Crippen LogP contribution in [-0.4, -0.2) is 66.3 Å². The van der Waals surface area contributed by atoms with Crippen molar-refractivity contribution < 1.29 is 20.1 Å². The number of aliphatic hydroxyl groups excluding tert-OH is 3. The number of rotatable bonds is 18. The lowest BCUT2D eigenvalue weighted by Gasteiger charge is -2.16. The summed E-state index contributed by atoms with van der Waals surface area (Å²) in [7, 11) is 0. The summed E-state index contributed by atoms with van der Waals surface area (Å²) in [6.45, 7) is 2.31. The van der Waals surface area contributed by atoms with Crippen LogP contribution in [0.25, 0.3) is 11.0 Å². The van der Waals surface area contributed by atoms with Gasteiger partial charge >= 0.3 is 5.56 Å². The van der Waals surface area contributed by atoms with Gasteiger partial charge in [0.25, 0.3) is 5.56 Å². The zero-order chi connectivity index (χ0) is 27.3. The van der Waals surface area contributed by atoms with Gasteiger partial charge in [-0.3, -0.25) is 19.1 Å². The number of fused-ring (bicyclic) bond motifs is 1. The molecule has 0 unspecified atom stereocenters. The third kappa shape index (κ3) is 8.33. The first-order valence-electron chi connectivity index (χ1n) is 14.4. The van der Waals surface area contributed by atoms with Gasteiger partial charge in [0.1, 0.15) is 23.8 Å². The lowest BCUT2D eigenvalue weighted by molar-refractivity contribution is -0.0509. The molecule has 1 aliphatic heterocycles. The monoisotopic (exact) mass is 535 g/mol. The van der Waals surface area contributed by atoms with E-state index in [9.17, 15) is 24.9 Å². The smallest absolute Gasteiger partial charge is 0.301 e. The van der Waals surface area contributed by atoms with Gasteiger partial charge in [-0.05, 0) is 6.42 Å². The summed E-state index contributed by atoms with van der Waals surface area (Å²) >= 11 is 0. The molecular weight excluding hydrogens is 490 g/mol. The summed E-state index contributed by atoms with van der Waals surface area (Å²) in [5.74, 6) is 0.0559. The Morgan fingerprint density at radius 2 is 1.50 bits per heavy atom. The Balaban J connectivity index is 1.40. The molecule has 0 aromatic carbocycles. The predicted molar refractivity (Wildman–Crippen MR) is 146 cm³/mol. The van der Waals surface area contributed by atoms with Crippen molar-refractivity contribution in [1.82, 2.24) is 19.5 Å². The average molecular weight is 536 g/mol. The maximum Gasteiger partial charge on any atom is 0.301 e. The molecule has 1 fully saturated rings. The van der Waals surface area contributed by atoms with Crippen molar-refractivity contribution in [2.24, 2.45) is 0 Å². The van der Waals surface area contributed by atoms with Crippen molar-refractivity contribution in [3.8, 4) is 0 Å². The van der Waals surface area contributed by atoms with E-state index in [2.05, 4.69) is 27.2 Å². The summed E-state index contributed by atoms with van der Waals surface area (Å²) in [5.41, 5.74) is -1.63. The Kier molecular flexibility index (Phi) is 12.7. The van der Waals surface area contributed by atoms with Gasteiger partial charge in [-0.25, -0.2) is 4.98 Å². The number of nitrogens with one attached hydrogen (secondary N) is 2. The van der Waals surface area contributed by atoms with E-state index >= 15 is 0 Å². The Bertz CT molecular complexity index is 1090. The lowest BCUT2D eigenvalue weighted by atomic mass is 10.0. The molecular formula is C27H45N5O6. The van der Waals surface area contributed by atoms with Crippen LogP contribution in [0.2, 0.25) is 0 Å². The van der Waals surface area contributed by atoms with Gasteiger partial charge in [0.05, 0.1) is 12.9 Å². The fraction of sp³-hybridized carbons (Fsp3) is 0.778. The number of imidazole rings is 1. The van der Waals surface area contributed by atoms with Crippen molar-refractivity contribution in [3.05, 3.63) is 27.0 Å². The second-order valence-corrected chi connectivity index (χ2v) is 10.3. The second kappa shape index (κ2) is 15.9. The highest BCUT2D eigenvalue weighted by atomic mass is 16.6. The van der Waals surface area contributed by atoms with E-state index < -0.39 is 42.3 Å². The Hall–Kier alpha value is -2.34. The van der Waals surface area contributed by atoms with E-state index in [1.165, 1.54) is 81.5 Å². The van der Waals surface area contributed by atoms with E-state index in [1.807, 2.05) is 0 Å². The number of nitrogens with zero attached hydrogens (tertiary/aromatic N) is 3. The number of aliphatic hydroxyl groups is 3. The fourth-order valence-corrected chi connectivity index (χ4v) is 5.00. The van der Waals surface area contributed by atoms with Crippen LogP contribution in [0, 0.1) is 0 Å². The zero-order valence-electron chi connectivity index (χ0n) is 22.6. The minimum absolute atomic E-state index is 0.0559. The SMILES string of the molecule is CCCCCCCCCCCCCCCCNc1nc(=O)c2ncn([C@@H]3O[C@H](CO)[C@@H](O)[C@H]3O)c2c(=O)[nH]1. The van der Waals surface area contributed by atoms with Crippen molar-refractivity contribution in [2.75, 3.05) is 18.5 Å². The number of H-pyrrole nitrogens is 1. The van der Waals surface area contributed by atoms with Gasteiger partial charge < -0.3 is 25.4 Å². The molecule has 214 valence electrons. The fourth-order valence-electron chi connectivity index (χ4n) is 5.00. The summed E-state index contributed by atoms with van der Waals surface area (Å²) < 4.78 is 6.68. The van der Waals surface area contributed by atoms with Crippen LogP contribution in [0.4, 0.5) is 5.95 Å². The Labute approximate surface area is 223 Å². The summed E-state index contributed by atoms with van der Waals surface area (Å²) in [6, 6.07) is 0. The van der Waals surface area contributed by atoms with Gasteiger partial charge in [-0.2, -0.15) is 4.98 Å². The van der Waals surface area contributed by atoms with Crippen LogP contribution in [0.3, 0.4) is 0 Å². The highest BCUT2D eigenvalue weighted by molar-refractivity contribution is 5.73. The van der Waals surface area contributed by atoms with Crippen molar-refractivity contribution in [1.29, 1.82) is 0 Å². The summed E-state index contributed by atoms with van der Waals surface area (Å²) in [6.07, 6.45) is 14.0. The van der Waals surface area contributed by atoms with Crippen LogP contribution < -0.4 is 16.4 Å². The Morgan fingerprint density at radius 3 is 2.05 bits per heavy atom. The molecule has 5 N–H and O–H groups in total. The van der Waals surface area contributed by atoms with Crippen molar-refractivity contribution in [3.63, 3.8) is 0 Å². The first-order valence-corrected chi connectivity index (χ1v) is 14.4. The molecule has 3 heterocycles. The lowest BCUT2D eigenvalue weighted by Crippen LogP contribution is -2.33. The molecule has 11 heteroatoms. The zero-order valence-corrected chi connectivity index (χ0v) is 22.6. The highest BCUT2D eigenvalue weighted by Gasteiger charge is 2.44. The molecule has 3 rings (SSSR count). The maximum absolute atomic E-state index is 12.9. The molecule has 0 aliphatic carbocycles. The molecule has 38 heavy (non-hydrogen) atoms. The first kappa shape index (κ1) is 30.2. The normalized spacial score (nSPS) is 21.4. The van der Waals surface area contributed by atoms with Crippen molar-refractivity contribution in [2.45, 2.75) is 121 Å². The van der Waals surface area contributed by atoms with Crippen LogP contribution in [0.5, 0.6) is 0 Å². The van der Waals surface area contributed by atoms with Gasteiger partial charge in [0.15, 0.2) is 11.7 Å². The second-order valence-electron chi connectivity index (χ2n) is 10.3. The third-order valence-corrected chi connectivity index (χ3v) is 7.27. The minimum Gasteiger partial charge on any atom is -0.394 e. The number of unbranched alkanes of at least 4 members (excludes halogenated alkanes) is 13. The average Bonchev–Trinajstić information content (AvgIpc) is 3.44. The Morgan fingerprint density at radius 1 is 0.921 bits per heavy atom. The molecule has 2 aromatic heterocycles. The molecule has 4 atom stereocenters. The van der Waals surface area contributed by atoms with Crippen LogP contribution in [0.15, 0.2) is 15.9 Å². The number of anilines is 1. The molecule has 0 bridgehead atoms. The van der Waals surface area contributed by atoms with Gasteiger partial charge in [-0.15, -0.1) is 0 Å². The predicted octanol–water partition coefficient (Wildman–Crippen LogP) is 2.98.